The molecule has 1 aliphatic carbocycles. The van der Waals surface area contributed by atoms with Crippen LogP contribution in [0.15, 0.2) is 22.7 Å². The van der Waals surface area contributed by atoms with Crippen LogP contribution in [0.1, 0.15) is 39.5 Å². The third-order valence-electron chi connectivity index (χ3n) is 4.16. The minimum Gasteiger partial charge on any atom is -0.464 e. The summed E-state index contributed by atoms with van der Waals surface area (Å²) in [6.45, 7) is 4.42. The van der Waals surface area contributed by atoms with Gasteiger partial charge in [0.2, 0.25) is 0 Å². The van der Waals surface area contributed by atoms with E-state index in [0.717, 1.165) is 35.8 Å². The average Bonchev–Trinajstić information content (AvgIpc) is 2.88. The zero-order valence-corrected chi connectivity index (χ0v) is 14.8. The predicted molar refractivity (Wildman–Crippen MR) is 89.8 cm³/mol. The zero-order chi connectivity index (χ0) is 15.5. The first-order valence-corrected chi connectivity index (χ1v) is 8.58. The quantitative estimate of drug-likeness (QED) is 0.735. The second-order valence-electron chi connectivity index (χ2n) is 5.57. The fourth-order valence-electron chi connectivity index (χ4n) is 2.97. The second-order valence-corrected chi connectivity index (χ2v) is 6.84. The van der Waals surface area contributed by atoms with E-state index in [1.54, 1.807) is 0 Å². The van der Waals surface area contributed by atoms with Gasteiger partial charge in [0.05, 0.1) is 11.6 Å². The van der Waals surface area contributed by atoms with Crippen LogP contribution >= 0.6 is 27.5 Å². The maximum Gasteiger partial charge on any atom is 0.331 e. The van der Waals surface area contributed by atoms with Crippen molar-refractivity contribution in [3.8, 4) is 0 Å². The average molecular weight is 375 g/mol. The lowest BCUT2D eigenvalue weighted by atomic mass is 9.94. The van der Waals surface area contributed by atoms with Crippen LogP contribution in [-0.4, -0.2) is 18.1 Å². The van der Waals surface area contributed by atoms with Crippen molar-refractivity contribution >= 4 is 39.2 Å². The third-order valence-corrected chi connectivity index (χ3v) is 5.38. The van der Waals surface area contributed by atoms with E-state index in [0.29, 0.717) is 17.5 Å². The minimum absolute atomic E-state index is 0.146. The maximum absolute atomic E-state index is 12.5. The molecule has 2 atom stereocenters. The van der Waals surface area contributed by atoms with E-state index < -0.39 is 5.54 Å². The van der Waals surface area contributed by atoms with Gasteiger partial charge in [-0.15, -0.1) is 0 Å². The van der Waals surface area contributed by atoms with E-state index in [-0.39, 0.29) is 5.97 Å². The molecule has 1 aromatic carbocycles. The third kappa shape index (κ3) is 3.72. The van der Waals surface area contributed by atoms with E-state index in [2.05, 4.69) is 28.2 Å². The normalized spacial score (nSPS) is 24.9. The van der Waals surface area contributed by atoms with Crippen LogP contribution < -0.4 is 5.32 Å². The Bertz CT molecular complexity index is 523. The highest BCUT2D eigenvalue weighted by Gasteiger charge is 2.46. The number of benzene rings is 1. The minimum atomic E-state index is -0.607. The van der Waals surface area contributed by atoms with E-state index >= 15 is 0 Å². The largest absolute Gasteiger partial charge is 0.464 e. The number of nitrogens with one attached hydrogen (secondary N) is 1. The molecule has 116 valence electrons. The van der Waals surface area contributed by atoms with Crippen molar-refractivity contribution in [1.82, 2.24) is 0 Å². The fourth-order valence-corrected chi connectivity index (χ4v) is 3.46. The van der Waals surface area contributed by atoms with Gasteiger partial charge < -0.3 is 10.1 Å². The summed E-state index contributed by atoms with van der Waals surface area (Å²) >= 11 is 9.44. The van der Waals surface area contributed by atoms with Crippen molar-refractivity contribution in [2.45, 2.75) is 45.1 Å². The van der Waals surface area contributed by atoms with Crippen molar-refractivity contribution < 1.29 is 9.53 Å². The molecule has 5 heteroatoms. The molecule has 0 radical (unpaired) electrons. The molecular weight excluding hydrogens is 354 g/mol. The highest BCUT2D eigenvalue weighted by Crippen LogP contribution is 2.40. The molecule has 1 aromatic rings. The number of halogens is 2. The van der Waals surface area contributed by atoms with Crippen LogP contribution in [0.4, 0.5) is 5.69 Å². The number of ether oxygens (including phenoxy) is 1. The smallest absolute Gasteiger partial charge is 0.331 e. The summed E-state index contributed by atoms with van der Waals surface area (Å²) in [7, 11) is 0. The van der Waals surface area contributed by atoms with Gasteiger partial charge in [0.25, 0.3) is 0 Å². The Kier molecular flexibility index (Phi) is 5.55. The first-order valence-electron chi connectivity index (χ1n) is 7.41. The predicted octanol–water partition coefficient (Wildman–Crippen LogP) is 5.03. The molecule has 2 rings (SSSR count). The molecular formula is C16H21BrClNO2. The van der Waals surface area contributed by atoms with Gasteiger partial charge in [-0.25, -0.2) is 4.79 Å². The highest BCUT2D eigenvalue weighted by atomic mass is 79.9. The molecule has 0 amide bonds. The van der Waals surface area contributed by atoms with Gasteiger partial charge in [0, 0.05) is 10.2 Å². The Morgan fingerprint density at radius 1 is 1.52 bits per heavy atom. The van der Waals surface area contributed by atoms with E-state index in [1.807, 2.05) is 25.1 Å². The van der Waals surface area contributed by atoms with Gasteiger partial charge in [0.15, 0.2) is 0 Å². The van der Waals surface area contributed by atoms with Gasteiger partial charge in [-0.3, -0.25) is 0 Å². The number of anilines is 1. The number of rotatable bonds is 5. The molecule has 1 aliphatic rings. The first-order chi connectivity index (χ1) is 10.0. The number of esters is 1. The molecule has 2 unspecified atom stereocenters. The molecule has 0 aromatic heterocycles. The van der Waals surface area contributed by atoms with E-state index in [4.69, 9.17) is 16.3 Å². The van der Waals surface area contributed by atoms with Crippen LogP contribution in [-0.2, 0) is 9.53 Å². The molecule has 3 nitrogen and oxygen atoms in total. The Labute approximate surface area is 139 Å². The lowest BCUT2D eigenvalue weighted by Crippen LogP contribution is -2.45. The number of hydrogen-bond acceptors (Lipinski definition) is 3. The van der Waals surface area contributed by atoms with Crippen LogP contribution in [0.5, 0.6) is 0 Å². The highest BCUT2D eigenvalue weighted by molar-refractivity contribution is 9.10. The molecule has 0 bridgehead atoms. The topological polar surface area (TPSA) is 38.3 Å². The molecule has 0 aliphatic heterocycles. The fraction of sp³-hybridized carbons (Fsp3) is 0.562. The molecule has 0 spiro atoms. The summed E-state index contributed by atoms with van der Waals surface area (Å²) in [6.07, 6.45) is 3.78. The Morgan fingerprint density at radius 2 is 2.29 bits per heavy atom. The van der Waals surface area contributed by atoms with Crippen molar-refractivity contribution in [2.24, 2.45) is 5.92 Å². The van der Waals surface area contributed by atoms with Gasteiger partial charge in [-0.2, -0.15) is 0 Å². The monoisotopic (exact) mass is 373 g/mol. The van der Waals surface area contributed by atoms with Crippen LogP contribution in [0, 0.1) is 5.92 Å². The summed E-state index contributed by atoms with van der Waals surface area (Å²) in [5.41, 5.74) is 0.278. The molecule has 1 saturated carbocycles. The molecule has 0 heterocycles. The van der Waals surface area contributed by atoms with Crippen molar-refractivity contribution in [3.05, 3.63) is 27.7 Å². The van der Waals surface area contributed by atoms with Crippen LogP contribution in [0.2, 0.25) is 5.02 Å². The van der Waals surface area contributed by atoms with Crippen LogP contribution in [0.3, 0.4) is 0 Å². The van der Waals surface area contributed by atoms with Crippen molar-refractivity contribution in [3.63, 3.8) is 0 Å². The maximum atomic E-state index is 12.5. The van der Waals surface area contributed by atoms with Gasteiger partial charge in [0.1, 0.15) is 5.54 Å². The Morgan fingerprint density at radius 3 is 2.86 bits per heavy atom. The van der Waals surface area contributed by atoms with Crippen LogP contribution in [0.25, 0.3) is 0 Å². The number of hydrogen-bond donors (Lipinski definition) is 1. The molecule has 1 fully saturated rings. The van der Waals surface area contributed by atoms with Gasteiger partial charge in [-0.1, -0.05) is 24.9 Å². The molecule has 1 N–H and O–H groups in total. The lowest BCUT2D eigenvalue weighted by molar-refractivity contribution is -0.148. The van der Waals surface area contributed by atoms with E-state index in [9.17, 15) is 4.79 Å². The SMILES string of the molecule is CCOC(=O)C1(Nc2ccc(Cl)c(Br)c2)CCC(CC)C1. The van der Waals surface area contributed by atoms with Crippen molar-refractivity contribution in [2.75, 3.05) is 11.9 Å². The Balaban J connectivity index is 2.24. The second kappa shape index (κ2) is 7.01. The summed E-state index contributed by atoms with van der Waals surface area (Å²) < 4.78 is 6.13. The van der Waals surface area contributed by atoms with Crippen molar-refractivity contribution in [1.29, 1.82) is 0 Å². The summed E-state index contributed by atoms with van der Waals surface area (Å²) in [5.74, 6) is 0.421. The summed E-state index contributed by atoms with van der Waals surface area (Å²) in [6, 6.07) is 5.62. The molecule has 21 heavy (non-hydrogen) atoms. The molecule has 0 saturated heterocycles. The number of carbonyl (C=O) groups is 1. The summed E-state index contributed by atoms with van der Waals surface area (Å²) in [5, 5.41) is 4.06. The Hall–Kier alpha value is -0.740. The van der Waals surface area contributed by atoms with Gasteiger partial charge >= 0.3 is 5.97 Å². The summed E-state index contributed by atoms with van der Waals surface area (Å²) in [4.78, 5) is 12.5. The first kappa shape index (κ1) is 16.6. The zero-order valence-electron chi connectivity index (χ0n) is 12.4. The lowest BCUT2D eigenvalue weighted by Gasteiger charge is -2.29. The number of carbonyl (C=O) groups excluding carboxylic acids is 1. The van der Waals surface area contributed by atoms with Gasteiger partial charge in [-0.05, 0) is 66.2 Å². The van der Waals surface area contributed by atoms with E-state index in [1.165, 1.54) is 0 Å². The standard InChI is InChI=1S/C16H21BrClNO2/c1-3-11-7-8-16(10-11,15(20)21-4-2)19-12-5-6-14(18)13(17)9-12/h5-6,9,11,19H,3-4,7-8,10H2,1-2H3.